The van der Waals surface area contributed by atoms with Crippen molar-refractivity contribution in [2.24, 2.45) is 0 Å². The molecule has 0 radical (unpaired) electrons. The minimum absolute atomic E-state index is 0. The van der Waals surface area contributed by atoms with E-state index in [1.165, 1.54) is 6.33 Å². The molecule has 0 unspecified atom stereocenters. The van der Waals surface area contributed by atoms with Gasteiger partial charge in [-0.3, -0.25) is 0 Å². The molecule has 2 aromatic heterocycles. The van der Waals surface area contributed by atoms with Gasteiger partial charge in [-0.2, -0.15) is 0 Å². The van der Waals surface area contributed by atoms with Crippen molar-refractivity contribution in [3.63, 3.8) is 0 Å². The second kappa shape index (κ2) is 7.01. The molecule has 2 heterocycles. The first kappa shape index (κ1) is 16.6. The Bertz CT molecular complexity index is 783. The van der Waals surface area contributed by atoms with Gasteiger partial charge in [-0.25, -0.2) is 15.0 Å². The molecule has 0 saturated heterocycles. The minimum Gasteiger partial charge on any atom is -0.493 e. The van der Waals surface area contributed by atoms with E-state index in [1.54, 1.807) is 39.8 Å². The summed E-state index contributed by atoms with van der Waals surface area (Å²) in [6.45, 7) is 0. The average Bonchev–Trinajstić information content (AvgIpc) is 3.03. The molecule has 3 aromatic rings. The maximum Gasteiger partial charge on any atom is 0.203 e. The third kappa shape index (κ3) is 3.07. The molecule has 9 heteroatoms. The monoisotopic (exact) mass is 337 g/mol. The normalized spacial score (nSPS) is 10.0. The van der Waals surface area contributed by atoms with Crippen LogP contribution in [0.1, 0.15) is 0 Å². The molecular weight excluding hydrogens is 322 g/mol. The number of hydrogen-bond acceptors (Lipinski definition) is 7. The second-order valence-electron chi connectivity index (χ2n) is 4.36. The maximum atomic E-state index is 5.33. The van der Waals surface area contributed by atoms with Gasteiger partial charge >= 0.3 is 0 Å². The third-order valence-corrected chi connectivity index (χ3v) is 3.15. The highest BCUT2D eigenvalue weighted by Crippen LogP contribution is 2.40. The molecule has 0 aliphatic rings. The number of nitrogens with one attached hydrogen (secondary N) is 2. The number of rotatable bonds is 5. The van der Waals surface area contributed by atoms with Crippen molar-refractivity contribution in [2.75, 3.05) is 26.6 Å². The molecule has 0 saturated carbocycles. The Kier molecular flexibility index (Phi) is 5.07. The number of halogens is 1. The Labute approximate surface area is 138 Å². The molecule has 0 aliphatic heterocycles. The molecule has 3 rings (SSSR count). The molecule has 122 valence electrons. The van der Waals surface area contributed by atoms with Crippen LogP contribution in [-0.4, -0.2) is 41.3 Å². The summed E-state index contributed by atoms with van der Waals surface area (Å²) in [6, 6.07) is 3.59. The predicted octanol–water partition coefficient (Wildman–Crippen LogP) is 2.54. The fourth-order valence-corrected chi connectivity index (χ4v) is 2.15. The standard InChI is InChI=1S/C14H15N5O3.ClH/c1-20-9-4-8(5-10(21-2)12(9)22-3)19-14-11-13(16-6-15-11)17-7-18-14;/h4-7H,1-3H3,(H2,15,16,17,18,19);1H. The molecule has 8 nitrogen and oxygen atoms in total. The van der Waals surface area contributed by atoms with Crippen molar-refractivity contribution >= 4 is 35.1 Å². The first-order chi connectivity index (χ1) is 10.8. The summed E-state index contributed by atoms with van der Waals surface area (Å²) >= 11 is 0. The van der Waals surface area contributed by atoms with Crippen LogP contribution in [-0.2, 0) is 0 Å². The molecule has 0 atom stereocenters. The van der Waals surface area contributed by atoms with Crippen molar-refractivity contribution in [1.29, 1.82) is 0 Å². The van der Waals surface area contributed by atoms with E-state index in [-0.39, 0.29) is 12.4 Å². The minimum atomic E-state index is 0. The highest BCUT2D eigenvalue weighted by Gasteiger charge is 2.14. The van der Waals surface area contributed by atoms with Gasteiger partial charge in [0.05, 0.1) is 27.7 Å². The third-order valence-electron chi connectivity index (χ3n) is 3.15. The van der Waals surface area contributed by atoms with E-state index in [0.29, 0.717) is 28.7 Å². The Morgan fingerprint density at radius 2 is 1.65 bits per heavy atom. The van der Waals surface area contributed by atoms with Crippen LogP contribution in [0.4, 0.5) is 11.5 Å². The largest absolute Gasteiger partial charge is 0.493 e. The summed E-state index contributed by atoms with van der Waals surface area (Å²) in [4.78, 5) is 15.4. The SMILES string of the molecule is COc1cc(Nc2ncnc3nc[nH]c23)cc(OC)c1OC.Cl. The Hall–Kier alpha value is -2.74. The van der Waals surface area contributed by atoms with Gasteiger partial charge in [0.2, 0.25) is 5.75 Å². The molecule has 0 bridgehead atoms. The van der Waals surface area contributed by atoms with E-state index in [0.717, 1.165) is 11.2 Å². The number of nitrogens with zero attached hydrogens (tertiary/aromatic N) is 3. The van der Waals surface area contributed by atoms with Gasteiger partial charge in [0.15, 0.2) is 23.0 Å². The first-order valence-corrected chi connectivity index (χ1v) is 6.48. The van der Waals surface area contributed by atoms with Crippen LogP contribution in [0.25, 0.3) is 11.2 Å². The number of anilines is 2. The quantitative estimate of drug-likeness (QED) is 0.738. The van der Waals surface area contributed by atoms with Gasteiger partial charge in [0.25, 0.3) is 0 Å². The van der Waals surface area contributed by atoms with Crippen LogP contribution >= 0.6 is 12.4 Å². The van der Waals surface area contributed by atoms with Gasteiger partial charge in [-0.05, 0) is 0 Å². The summed E-state index contributed by atoms with van der Waals surface area (Å²) in [5.74, 6) is 2.25. The second-order valence-corrected chi connectivity index (χ2v) is 4.36. The van der Waals surface area contributed by atoms with Crippen molar-refractivity contribution in [2.45, 2.75) is 0 Å². The Morgan fingerprint density at radius 1 is 0.957 bits per heavy atom. The highest BCUT2D eigenvalue weighted by atomic mass is 35.5. The summed E-state index contributed by atoms with van der Waals surface area (Å²) in [7, 11) is 4.70. The summed E-state index contributed by atoms with van der Waals surface area (Å²) in [5, 5.41) is 3.20. The Balaban J connectivity index is 0.00000192. The number of ether oxygens (including phenoxy) is 3. The van der Waals surface area contributed by atoms with E-state index in [2.05, 4.69) is 25.3 Å². The fourth-order valence-electron chi connectivity index (χ4n) is 2.15. The number of H-pyrrole nitrogens is 1. The Morgan fingerprint density at radius 3 is 2.26 bits per heavy atom. The van der Waals surface area contributed by atoms with Crippen molar-refractivity contribution in [3.8, 4) is 17.2 Å². The highest BCUT2D eigenvalue weighted by molar-refractivity contribution is 5.85. The molecule has 1 aromatic carbocycles. The molecular formula is C14H16ClN5O3. The molecule has 0 aliphatic carbocycles. The maximum absolute atomic E-state index is 5.33. The number of aromatic nitrogens is 4. The van der Waals surface area contributed by atoms with Gasteiger partial charge in [-0.15, -0.1) is 12.4 Å². The van der Waals surface area contributed by atoms with Crippen LogP contribution in [0.5, 0.6) is 17.2 Å². The number of fused-ring (bicyclic) bond motifs is 1. The summed E-state index contributed by atoms with van der Waals surface area (Å²) in [6.07, 6.45) is 3.02. The van der Waals surface area contributed by atoms with Crippen LogP contribution in [0.2, 0.25) is 0 Å². The molecule has 2 N–H and O–H groups in total. The van der Waals surface area contributed by atoms with Crippen LogP contribution in [0.15, 0.2) is 24.8 Å². The molecule has 23 heavy (non-hydrogen) atoms. The molecule has 0 fully saturated rings. The smallest absolute Gasteiger partial charge is 0.203 e. The number of benzene rings is 1. The van der Waals surface area contributed by atoms with E-state index >= 15 is 0 Å². The van der Waals surface area contributed by atoms with Crippen molar-refractivity contribution in [1.82, 2.24) is 19.9 Å². The summed E-state index contributed by atoms with van der Waals surface area (Å²) in [5.41, 5.74) is 2.05. The van der Waals surface area contributed by atoms with Crippen molar-refractivity contribution < 1.29 is 14.2 Å². The lowest BCUT2D eigenvalue weighted by molar-refractivity contribution is 0.324. The van der Waals surface area contributed by atoms with Gasteiger partial charge in [0, 0.05) is 17.8 Å². The lowest BCUT2D eigenvalue weighted by Crippen LogP contribution is -1.99. The zero-order chi connectivity index (χ0) is 15.5. The van der Waals surface area contributed by atoms with Gasteiger partial charge in [0.1, 0.15) is 11.8 Å². The van der Waals surface area contributed by atoms with E-state index in [1.807, 2.05) is 0 Å². The van der Waals surface area contributed by atoms with E-state index in [9.17, 15) is 0 Å². The number of imidazole rings is 1. The summed E-state index contributed by atoms with van der Waals surface area (Å²) < 4.78 is 16.0. The predicted molar refractivity (Wildman–Crippen MR) is 88.3 cm³/mol. The number of aromatic amines is 1. The zero-order valence-electron chi connectivity index (χ0n) is 12.8. The zero-order valence-corrected chi connectivity index (χ0v) is 13.6. The van der Waals surface area contributed by atoms with Crippen molar-refractivity contribution in [3.05, 3.63) is 24.8 Å². The fraction of sp³-hybridized carbons (Fsp3) is 0.214. The number of methoxy groups -OCH3 is 3. The molecule has 0 spiro atoms. The van der Waals surface area contributed by atoms with E-state index < -0.39 is 0 Å². The van der Waals surface area contributed by atoms with Crippen LogP contribution < -0.4 is 19.5 Å². The van der Waals surface area contributed by atoms with Gasteiger partial charge < -0.3 is 24.5 Å². The topological polar surface area (TPSA) is 94.2 Å². The number of hydrogen-bond donors (Lipinski definition) is 2. The van der Waals surface area contributed by atoms with Crippen LogP contribution in [0, 0.1) is 0 Å². The first-order valence-electron chi connectivity index (χ1n) is 6.48. The lowest BCUT2D eigenvalue weighted by Gasteiger charge is -2.14. The lowest BCUT2D eigenvalue weighted by atomic mass is 10.2. The van der Waals surface area contributed by atoms with Gasteiger partial charge in [-0.1, -0.05) is 0 Å². The van der Waals surface area contributed by atoms with Crippen LogP contribution in [0.3, 0.4) is 0 Å². The molecule has 0 amide bonds. The average molecular weight is 338 g/mol. The van der Waals surface area contributed by atoms with E-state index in [4.69, 9.17) is 14.2 Å².